The predicted molar refractivity (Wildman–Crippen MR) is 101 cm³/mol. The Morgan fingerprint density at radius 3 is 2.60 bits per heavy atom. The van der Waals surface area contributed by atoms with E-state index in [4.69, 9.17) is 4.74 Å². The van der Waals surface area contributed by atoms with Gasteiger partial charge in [-0.2, -0.15) is 0 Å². The van der Waals surface area contributed by atoms with Gasteiger partial charge in [-0.1, -0.05) is 40.7 Å². The number of halogens is 1. The van der Waals surface area contributed by atoms with E-state index in [0.717, 1.165) is 0 Å². The summed E-state index contributed by atoms with van der Waals surface area (Å²) in [5, 5.41) is 2.62. The van der Waals surface area contributed by atoms with E-state index in [-0.39, 0.29) is 17.0 Å². The Labute approximate surface area is 155 Å². The van der Waals surface area contributed by atoms with Gasteiger partial charge >= 0.3 is 0 Å². The van der Waals surface area contributed by atoms with Gasteiger partial charge < -0.3 is 10.1 Å². The first-order valence-electron chi connectivity index (χ1n) is 7.21. The maximum Gasteiger partial charge on any atom is 0.262 e. The summed E-state index contributed by atoms with van der Waals surface area (Å²) in [5.41, 5.74) is 0.548. The van der Waals surface area contributed by atoms with Gasteiger partial charge in [-0.05, 0) is 30.3 Å². The zero-order valence-corrected chi connectivity index (χ0v) is 15.9. The van der Waals surface area contributed by atoms with Crippen molar-refractivity contribution in [3.63, 3.8) is 0 Å². The number of amides is 1. The highest BCUT2D eigenvalue weighted by atomic mass is 79.9. The molecular weight excluding hydrogens is 408 g/mol. The fourth-order valence-electron chi connectivity index (χ4n) is 2.02. The molecule has 0 saturated heterocycles. The summed E-state index contributed by atoms with van der Waals surface area (Å²) in [6, 6.07) is 12.4. The van der Waals surface area contributed by atoms with Crippen molar-refractivity contribution in [2.24, 2.45) is 0 Å². The first-order chi connectivity index (χ1) is 11.8. The summed E-state index contributed by atoms with van der Waals surface area (Å²) in [6.45, 7) is 3.87. The van der Waals surface area contributed by atoms with Gasteiger partial charge in [-0.15, -0.1) is 0 Å². The second-order valence-electron chi connectivity index (χ2n) is 5.03. The third-order valence-electron chi connectivity index (χ3n) is 3.20. The number of carbonyl (C=O) groups excluding carboxylic acids is 1. The normalized spacial score (nSPS) is 10.8. The van der Waals surface area contributed by atoms with Crippen molar-refractivity contribution < 1.29 is 17.9 Å². The fourth-order valence-corrected chi connectivity index (χ4v) is 3.27. The Bertz CT molecular complexity index is 897. The number of para-hydroxylation sites is 2. The summed E-state index contributed by atoms with van der Waals surface area (Å²) >= 11 is 3.15. The zero-order valence-electron chi connectivity index (χ0n) is 13.5. The molecule has 0 aliphatic rings. The Morgan fingerprint density at radius 2 is 1.92 bits per heavy atom. The minimum Gasteiger partial charge on any atom is -0.495 e. The lowest BCUT2D eigenvalue weighted by Gasteiger charge is -2.12. The molecule has 0 aliphatic carbocycles. The van der Waals surface area contributed by atoms with E-state index in [1.807, 2.05) is 0 Å². The van der Waals surface area contributed by atoms with Crippen molar-refractivity contribution in [3.8, 4) is 5.75 Å². The average molecular weight is 425 g/mol. The molecule has 0 spiro atoms. The molecule has 1 amide bonds. The third kappa shape index (κ3) is 5.07. The van der Waals surface area contributed by atoms with Crippen LogP contribution in [0.4, 0.5) is 5.69 Å². The average Bonchev–Trinajstić information content (AvgIpc) is 2.60. The van der Waals surface area contributed by atoms with Crippen molar-refractivity contribution in [3.05, 3.63) is 65.2 Å². The zero-order chi connectivity index (χ0) is 18.4. The molecule has 2 rings (SSSR count). The van der Waals surface area contributed by atoms with Crippen LogP contribution < -0.4 is 14.8 Å². The van der Waals surface area contributed by atoms with E-state index in [1.54, 1.807) is 24.3 Å². The molecule has 2 aromatic rings. The molecule has 2 N–H and O–H groups in total. The van der Waals surface area contributed by atoms with E-state index in [0.29, 0.717) is 15.9 Å². The molecule has 0 saturated carbocycles. The number of rotatable bonds is 7. The number of methoxy groups -OCH3 is 1. The molecule has 6 nitrogen and oxygen atoms in total. The van der Waals surface area contributed by atoms with E-state index < -0.39 is 15.9 Å². The molecule has 0 fully saturated rings. The number of nitrogens with one attached hydrogen (secondary N) is 2. The van der Waals surface area contributed by atoms with Crippen LogP contribution >= 0.6 is 15.9 Å². The molecule has 0 aliphatic heterocycles. The van der Waals surface area contributed by atoms with Crippen LogP contribution in [0.5, 0.6) is 5.75 Å². The number of hydrogen-bond acceptors (Lipinski definition) is 4. The second kappa shape index (κ2) is 8.17. The monoisotopic (exact) mass is 424 g/mol. The number of anilines is 1. The van der Waals surface area contributed by atoms with Crippen LogP contribution in [0, 0.1) is 0 Å². The minimum absolute atomic E-state index is 0.0243. The van der Waals surface area contributed by atoms with Crippen LogP contribution in [0.2, 0.25) is 0 Å². The van der Waals surface area contributed by atoms with Crippen LogP contribution in [0.15, 0.2) is 64.5 Å². The standard InChI is InChI=1S/C17H17BrN2O4S/c1-12(18)11-19-17(21)13-6-5-7-14(10-13)25(22,23)20-15-8-3-4-9-16(15)24-2/h3-10,20H,1,11H2,2H3,(H,19,21). The largest absolute Gasteiger partial charge is 0.495 e. The molecule has 8 heteroatoms. The van der Waals surface area contributed by atoms with Crippen LogP contribution in [0.25, 0.3) is 0 Å². The molecule has 0 heterocycles. The summed E-state index contributed by atoms with van der Waals surface area (Å²) in [4.78, 5) is 12.1. The fraction of sp³-hybridized carbons (Fsp3) is 0.118. The lowest BCUT2D eigenvalue weighted by atomic mass is 10.2. The summed E-state index contributed by atoms with van der Waals surface area (Å²) < 4.78 is 33.4. The van der Waals surface area contributed by atoms with E-state index in [9.17, 15) is 13.2 Å². The quantitative estimate of drug-likeness (QED) is 0.714. The van der Waals surface area contributed by atoms with Crippen molar-refractivity contribution in [1.29, 1.82) is 0 Å². The van der Waals surface area contributed by atoms with Crippen LogP contribution in [-0.2, 0) is 10.0 Å². The molecular formula is C17H17BrN2O4S. The molecule has 0 bridgehead atoms. The van der Waals surface area contributed by atoms with Gasteiger partial charge in [0.15, 0.2) is 0 Å². The van der Waals surface area contributed by atoms with Gasteiger partial charge in [0.05, 0.1) is 17.7 Å². The van der Waals surface area contributed by atoms with Crippen LogP contribution in [0.1, 0.15) is 10.4 Å². The van der Waals surface area contributed by atoms with Gasteiger partial charge in [0.1, 0.15) is 5.75 Å². The SMILES string of the molecule is C=C(Br)CNC(=O)c1cccc(S(=O)(=O)Nc2ccccc2OC)c1. The minimum atomic E-state index is -3.87. The smallest absolute Gasteiger partial charge is 0.262 e. The number of sulfonamides is 1. The van der Waals surface area contributed by atoms with Crippen LogP contribution in [0.3, 0.4) is 0 Å². The summed E-state index contributed by atoms with van der Waals surface area (Å²) in [7, 11) is -2.42. The molecule has 132 valence electrons. The molecule has 0 unspecified atom stereocenters. The molecule has 0 radical (unpaired) electrons. The highest BCUT2D eigenvalue weighted by molar-refractivity contribution is 9.11. The Hall–Kier alpha value is -2.32. The van der Waals surface area contributed by atoms with E-state index in [2.05, 4.69) is 32.5 Å². The molecule has 0 aromatic heterocycles. The van der Waals surface area contributed by atoms with Gasteiger partial charge in [0.2, 0.25) is 0 Å². The first-order valence-corrected chi connectivity index (χ1v) is 9.48. The Balaban J connectivity index is 2.26. The maximum absolute atomic E-state index is 12.6. The number of hydrogen-bond donors (Lipinski definition) is 2. The Kier molecular flexibility index (Phi) is 6.22. The van der Waals surface area contributed by atoms with E-state index >= 15 is 0 Å². The Morgan fingerprint density at radius 1 is 1.20 bits per heavy atom. The highest BCUT2D eigenvalue weighted by Crippen LogP contribution is 2.26. The third-order valence-corrected chi connectivity index (χ3v) is 4.84. The molecule has 25 heavy (non-hydrogen) atoms. The molecule has 2 aromatic carbocycles. The van der Waals surface area contributed by atoms with E-state index in [1.165, 1.54) is 31.4 Å². The van der Waals surface area contributed by atoms with Gasteiger partial charge in [0, 0.05) is 16.6 Å². The van der Waals surface area contributed by atoms with Gasteiger partial charge in [0.25, 0.3) is 15.9 Å². The van der Waals surface area contributed by atoms with Crippen molar-refractivity contribution in [2.75, 3.05) is 18.4 Å². The predicted octanol–water partition coefficient (Wildman–Crippen LogP) is 3.13. The highest BCUT2D eigenvalue weighted by Gasteiger charge is 2.18. The number of ether oxygens (including phenoxy) is 1. The second-order valence-corrected chi connectivity index (χ2v) is 7.84. The lowest BCUT2D eigenvalue weighted by molar-refractivity contribution is 0.0957. The summed E-state index contributed by atoms with van der Waals surface area (Å²) in [5.74, 6) is 0.00532. The van der Waals surface area contributed by atoms with Gasteiger partial charge in [-0.3, -0.25) is 9.52 Å². The first kappa shape index (κ1) is 19.0. The summed E-state index contributed by atoms with van der Waals surface area (Å²) in [6.07, 6.45) is 0. The maximum atomic E-state index is 12.6. The topological polar surface area (TPSA) is 84.5 Å². The van der Waals surface area contributed by atoms with Gasteiger partial charge in [-0.25, -0.2) is 8.42 Å². The van der Waals surface area contributed by atoms with Crippen molar-refractivity contribution in [2.45, 2.75) is 4.90 Å². The van der Waals surface area contributed by atoms with Crippen molar-refractivity contribution >= 4 is 37.5 Å². The lowest BCUT2D eigenvalue weighted by Crippen LogP contribution is -2.24. The molecule has 0 atom stereocenters. The van der Waals surface area contributed by atoms with Crippen molar-refractivity contribution in [1.82, 2.24) is 5.32 Å². The number of benzene rings is 2. The van der Waals surface area contributed by atoms with Crippen LogP contribution in [-0.4, -0.2) is 28.0 Å². The number of carbonyl (C=O) groups is 1.